The van der Waals surface area contributed by atoms with Gasteiger partial charge >= 0.3 is 6.18 Å². The van der Waals surface area contributed by atoms with Gasteiger partial charge in [-0.2, -0.15) is 13.2 Å². The number of nitrogens with two attached hydrogens (primary N) is 1. The van der Waals surface area contributed by atoms with Crippen LogP contribution in [0.25, 0.3) is 0 Å². The number of alkyl halides is 3. The number of pyridine rings is 1. The van der Waals surface area contributed by atoms with Gasteiger partial charge in [0.15, 0.2) is 0 Å². The number of rotatable bonds is 2. The quantitative estimate of drug-likeness (QED) is 0.847. The Morgan fingerprint density at radius 1 is 1.31 bits per heavy atom. The van der Waals surface area contributed by atoms with Crippen molar-refractivity contribution >= 4 is 0 Å². The van der Waals surface area contributed by atoms with E-state index in [1.165, 1.54) is 12.3 Å². The van der Waals surface area contributed by atoms with Crippen LogP contribution >= 0.6 is 0 Å². The van der Waals surface area contributed by atoms with Gasteiger partial charge in [0.25, 0.3) is 0 Å². The van der Waals surface area contributed by atoms with E-state index >= 15 is 0 Å². The molecule has 0 aliphatic heterocycles. The van der Waals surface area contributed by atoms with E-state index < -0.39 is 11.9 Å². The zero-order valence-corrected chi connectivity index (χ0v) is 8.72. The zero-order valence-electron chi connectivity index (χ0n) is 8.72. The first-order valence-electron chi connectivity index (χ1n) is 5.22. The molecule has 1 heterocycles. The van der Waals surface area contributed by atoms with Gasteiger partial charge in [0.1, 0.15) is 5.69 Å². The smallest absolute Gasteiger partial charge is 0.330 e. The van der Waals surface area contributed by atoms with Crippen molar-refractivity contribution in [2.45, 2.75) is 30.9 Å². The Morgan fingerprint density at radius 2 is 2.00 bits per heavy atom. The summed E-state index contributed by atoms with van der Waals surface area (Å²) in [6.07, 6.45) is -0.0891. The molecule has 1 aromatic heterocycles. The van der Waals surface area contributed by atoms with Crippen LogP contribution in [0, 0.1) is 0 Å². The second-order valence-corrected chi connectivity index (χ2v) is 4.27. The Bertz CT molecular complexity index is 360. The summed E-state index contributed by atoms with van der Waals surface area (Å²) in [7, 11) is 0. The number of aromatic nitrogens is 1. The van der Waals surface area contributed by atoms with Gasteiger partial charge in [0.2, 0.25) is 0 Å². The molecule has 16 heavy (non-hydrogen) atoms. The van der Waals surface area contributed by atoms with Crippen LogP contribution in [0.1, 0.15) is 30.5 Å². The normalized spacial score (nSPS) is 19.2. The molecule has 0 saturated heterocycles. The van der Waals surface area contributed by atoms with E-state index in [4.69, 9.17) is 5.73 Å². The highest BCUT2D eigenvalue weighted by molar-refractivity contribution is 5.27. The topological polar surface area (TPSA) is 38.9 Å². The van der Waals surface area contributed by atoms with Crippen molar-refractivity contribution in [3.05, 3.63) is 29.6 Å². The molecular formula is C11H13F3N2. The summed E-state index contributed by atoms with van der Waals surface area (Å²) in [6.45, 7) is 0.472. The fourth-order valence-corrected chi connectivity index (χ4v) is 2.09. The van der Waals surface area contributed by atoms with Crippen molar-refractivity contribution in [1.82, 2.24) is 4.98 Å². The summed E-state index contributed by atoms with van der Waals surface area (Å²) in [5.74, 6) is 0. The van der Waals surface area contributed by atoms with Crippen LogP contribution in [0.3, 0.4) is 0 Å². The average Bonchev–Trinajstić information content (AvgIpc) is 2.16. The minimum atomic E-state index is -4.37. The highest BCUT2D eigenvalue weighted by Crippen LogP contribution is 2.42. The fourth-order valence-electron chi connectivity index (χ4n) is 2.09. The molecular weight excluding hydrogens is 217 g/mol. The summed E-state index contributed by atoms with van der Waals surface area (Å²) in [5, 5.41) is 0. The van der Waals surface area contributed by atoms with Crippen LogP contribution in [-0.4, -0.2) is 11.5 Å². The first kappa shape index (κ1) is 11.4. The van der Waals surface area contributed by atoms with E-state index in [9.17, 15) is 13.2 Å². The van der Waals surface area contributed by atoms with E-state index in [-0.39, 0.29) is 5.41 Å². The van der Waals surface area contributed by atoms with Crippen LogP contribution in [0.15, 0.2) is 18.3 Å². The third-order valence-corrected chi connectivity index (χ3v) is 3.37. The lowest BCUT2D eigenvalue weighted by molar-refractivity contribution is -0.141. The number of halogens is 3. The standard InChI is InChI=1S/C11H13F3N2/c12-11(13,14)9-3-2-8(6-16-9)10(7-15)4-1-5-10/h2-3,6H,1,4-5,7,15H2. The third kappa shape index (κ3) is 1.80. The molecule has 1 saturated carbocycles. The molecule has 5 heteroatoms. The lowest BCUT2D eigenvalue weighted by atomic mass is 9.65. The minimum Gasteiger partial charge on any atom is -0.330 e. The number of hydrogen-bond acceptors (Lipinski definition) is 2. The predicted molar refractivity (Wildman–Crippen MR) is 53.8 cm³/mol. The van der Waals surface area contributed by atoms with Crippen molar-refractivity contribution in [2.75, 3.05) is 6.54 Å². The molecule has 0 radical (unpaired) electrons. The molecule has 1 fully saturated rings. The summed E-state index contributed by atoms with van der Waals surface area (Å²) in [4.78, 5) is 3.47. The van der Waals surface area contributed by atoms with Gasteiger partial charge in [0.05, 0.1) is 0 Å². The Balaban J connectivity index is 2.26. The minimum absolute atomic E-state index is 0.128. The summed E-state index contributed by atoms with van der Waals surface area (Å²) < 4.78 is 36.9. The Kier molecular flexibility index (Phi) is 2.66. The van der Waals surface area contributed by atoms with Gasteiger partial charge < -0.3 is 5.73 Å². The molecule has 0 atom stereocenters. The SMILES string of the molecule is NCC1(c2ccc(C(F)(F)F)nc2)CCC1. The van der Waals surface area contributed by atoms with Crippen molar-refractivity contribution in [3.8, 4) is 0 Å². The largest absolute Gasteiger partial charge is 0.433 e. The molecule has 0 amide bonds. The maximum absolute atomic E-state index is 12.3. The maximum atomic E-state index is 12.3. The number of hydrogen-bond donors (Lipinski definition) is 1. The molecule has 2 nitrogen and oxygen atoms in total. The van der Waals surface area contributed by atoms with Gasteiger partial charge in [0, 0.05) is 18.2 Å². The predicted octanol–water partition coefficient (Wildman–Crippen LogP) is 2.48. The highest BCUT2D eigenvalue weighted by atomic mass is 19.4. The fraction of sp³-hybridized carbons (Fsp3) is 0.545. The number of nitrogens with zero attached hydrogens (tertiary/aromatic N) is 1. The molecule has 0 spiro atoms. The van der Waals surface area contributed by atoms with Crippen LogP contribution in [-0.2, 0) is 11.6 Å². The monoisotopic (exact) mass is 230 g/mol. The van der Waals surface area contributed by atoms with Crippen molar-refractivity contribution in [1.29, 1.82) is 0 Å². The summed E-state index contributed by atoms with van der Waals surface area (Å²) >= 11 is 0. The highest BCUT2D eigenvalue weighted by Gasteiger charge is 2.38. The second-order valence-electron chi connectivity index (χ2n) is 4.27. The molecule has 88 valence electrons. The van der Waals surface area contributed by atoms with Crippen LogP contribution in [0.2, 0.25) is 0 Å². The molecule has 0 aromatic carbocycles. The molecule has 2 N–H and O–H groups in total. The van der Waals surface area contributed by atoms with Gasteiger partial charge in [-0.3, -0.25) is 4.98 Å². The van der Waals surface area contributed by atoms with Gasteiger partial charge in [-0.25, -0.2) is 0 Å². The summed E-state index contributed by atoms with van der Waals surface area (Å²) in [6, 6.07) is 2.53. The first-order valence-corrected chi connectivity index (χ1v) is 5.22. The lowest BCUT2D eigenvalue weighted by Crippen LogP contribution is -2.41. The van der Waals surface area contributed by atoms with E-state index in [0.29, 0.717) is 6.54 Å². The molecule has 1 aliphatic carbocycles. The van der Waals surface area contributed by atoms with Crippen LogP contribution < -0.4 is 5.73 Å². The van der Waals surface area contributed by atoms with Crippen molar-refractivity contribution in [3.63, 3.8) is 0 Å². The molecule has 1 aliphatic rings. The van der Waals surface area contributed by atoms with Crippen LogP contribution in [0.5, 0.6) is 0 Å². The Hall–Kier alpha value is -1.10. The lowest BCUT2D eigenvalue weighted by Gasteiger charge is -2.41. The van der Waals surface area contributed by atoms with E-state index in [1.807, 2.05) is 0 Å². The van der Waals surface area contributed by atoms with Crippen molar-refractivity contribution in [2.24, 2.45) is 5.73 Å². The molecule has 1 aromatic rings. The van der Waals surface area contributed by atoms with E-state index in [1.54, 1.807) is 0 Å². The third-order valence-electron chi connectivity index (χ3n) is 3.37. The Morgan fingerprint density at radius 3 is 2.31 bits per heavy atom. The van der Waals surface area contributed by atoms with E-state index in [2.05, 4.69) is 4.98 Å². The summed E-state index contributed by atoms with van der Waals surface area (Å²) in [5.41, 5.74) is 5.53. The molecule has 2 rings (SSSR count). The van der Waals surface area contributed by atoms with Gasteiger partial charge in [-0.1, -0.05) is 12.5 Å². The van der Waals surface area contributed by atoms with Gasteiger partial charge in [-0.15, -0.1) is 0 Å². The van der Waals surface area contributed by atoms with E-state index in [0.717, 1.165) is 30.9 Å². The average molecular weight is 230 g/mol. The molecule has 0 bridgehead atoms. The zero-order chi connectivity index (χ0) is 11.8. The van der Waals surface area contributed by atoms with Crippen LogP contribution in [0.4, 0.5) is 13.2 Å². The van der Waals surface area contributed by atoms with Gasteiger partial charge in [-0.05, 0) is 24.5 Å². The molecule has 0 unspecified atom stereocenters. The second kappa shape index (κ2) is 3.73. The maximum Gasteiger partial charge on any atom is 0.433 e. The first-order chi connectivity index (χ1) is 7.48. The Labute approximate surface area is 91.7 Å². The van der Waals surface area contributed by atoms with Crippen molar-refractivity contribution < 1.29 is 13.2 Å².